The van der Waals surface area contributed by atoms with Gasteiger partial charge >= 0.3 is 0 Å². The number of halogens is 3. The summed E-state index contributed by atoms with van der Waals surface area (Å²) in [5, 5.41) is 0. The van der Waals surface area contributed by atoms with E-state index >= 15 is 0 Å². The van der Waals surface area contributed by atoms with Crippen LogP contribution in [0.5, 0.6) is 0 Å². The highest BCUT2D eigenvalue weighted by atomic mass is 79.9. The van der Waals surface area contributed by atoms with Gasteiger partial charge < -0.3 is 0 Å². The van der Waals surface area contributed by atoms with Crippen LogP contribution < -0.4 is 0 Å². The van der Waals surface area contributed by atoms with Crippen LogP contribution in [-0.2, 0) is 10.0 Å². The normalized spacial score (nSPS) is 18.4. The lowest BCUT2D eigenvalue weighted by Gasteiger charge is -2.31. The zero-order valence-corrected chi connectivity index (χ0v) is 13.5. The van der Waals surface area contributed by atoms with E-state index < -0.39 is 26.6 Å². The molecule has 0 saturated carbocycles. The van der Waals surface area contributed by atoms with Crippen molar-refractivity contribution >= 4 is 26.0 Å². The zero-order valence-electron chi connectivity index (χ0n) is 11.1. The van der Waals surface area contributed by atoms with Crippen molar-refractivity contribution in [1.82, 2.24) is 4.31 Å². The second kappa shape index (κ2) is 6.07. The van der Waals surface area contributed by atoms with Crippen LogP contribution in [0, 0.1) is 17.6 Å². The van der Waals surface area contributed by atoms with E-state index in [0.29, 0.717) is 25.1 Å². The minimum absolute atomic E-state index is 0.0763. The van der Waals surface area contributed by atoms with Crippen LogP contribution in [0.1, 0.15) is 26.2 Å². The Hall–Kier alpha value is -0.530. The topological polar surface area (TPSA) is 37.4 Å². The van der Waals surface area contributed by atoms with E-state index in [1.165, 1.54) is 4.31 Å². The molecule has 1 aliphatic rings. The smallest absolute Gasteiger partial charge is 0.207 e. The fraction of sp³-hybridized carbons (Fsp3) is 0.538. The third kappa shape index (κ3) is 3.04. The van der Waals surface area contributed by atoms with Crippen LogP contribution in [-0.4, -0.2) is 25.8 Å². The molecule has 0 radical (unpaired) electrons. The summed E-state index contributed by atoms with van der Waals surface area (Å²) < 4.78 is 53.0. The maximum absolute atomic E-state index is 13.8. The second-order valence-corrected chi connectivity index (χ2v) is 7.68. The highest BCUT2D eigenvalue weighted by Crippen LogP contribution is 2.31. The zero-order chi connectivity index (χ0) is 14.9. The summed E-state index contributed by atoms with van der Waals surface area (Å²) in [5.74, 6) is -1.35. The van der Waals surface area contributed by atoms with Gasteiger partial charge in [0.2, 0.25) is 10.0 Å². The van der Waals surface area contributed by atoms with E-state index in [1.807, 2.05) is 0 Å². The molecule has 0 atom stereocenters. The first kappa shape index (κ1) is 15.9. The van der Waals surface area contributed by atoms with Gasteiger partial charge in [-0.3, -0.25) is 0 Å². The van der Waals surface area contributed by atoms with Gasteiger partial charge in [-0.05, 0) is 40.8 Å². The van der Waals surface area contributed by atoms with Gasteiger partial charge in [-0.25, -0.2) is 17.2 Å². The van der Waals surface area contributed by atoms with Gasteiger partial charge in [-0.15, -0.1) is 0 Å². The standard InChI is InChI=1S/C13H16BrF2NO2S/c1-2-9-3-5-17(6-4-9)20(18,19)13-11(14)7-10(15)8-12(13)16/h7-9H,2-6H2,1H3. The molecule has 2 rings (SSSR count). The molecule has 1 aliphatic heterocycles. The number of rotatable bonds is 3. The molecule has 0 N–H and O–H groups in total. The third-order valence-corrected chi connectivity index (χ3v) is 6.58. The number of hydrogen-bond acceptors (Lipinski definition) is 2. The highest BCUT2D eigenvalue weighted by Gasteiger charge is 2.32. The van der Waals surface area contributed by atoms with Crippen molar-refractivity contribution < 1.29 is 17.2 Å². The summed E-state index contributed by atoms with van der Waals surface area (Å²) in [4.78, 5) is -0.478. The van der Waals surface area contributed by atoms with Gasteiger partial charge in [0.05, 0.1) is 0 Å². The van der Waals surface area contributed by atoms with Crippen LogP contribution in [0.2, 0.25) is 0 Å². The molecule has 0 amide bonds. The van der Waals surface area contributed by atoms with Gasteiger partial charge in [0, 0.05) is 23.6 Å². The van der Waals surface area contributed by atoms with Crippen molar-refractivity contribution in [2.45, 2.75) is 31.1 Å². The Morgan fingerprint density at radius 1 is 1.30 bits per heavy atom. The average molecular weight is 368 g/mol. The minimum Gasteiger partial charge on any atom is -0.207 e. The van der Waals surface area contributed by atoms with Crippen LogP contribution in [0.3, 0.4) is 0 Å². The number of sulfonamides is 1. The van der Waals surface area contributed by atoms with E-state index in [0.717, 1.165) is 25.3 Å². The third-order valence-electron chi connectivity index (χ3n) is 3.71. The van der Waals surface area contributed by atoms with Gasteiger partial charge in [0.1, 0.15) is 16.5 Å². The molecule has 1 aromatic rings. The molecule has 7 heteroatoms. The SMILES string of the molecule is CCC1CCN(S(=O)(=O)c2c(F)cc(F)cc2Br)CC1. The van der Waals surface area contributed by atoms with E-state index in [9.17, 15) is 17.2 Å². The first-order valence-electron chi connectivity index (χ1n) is 6.51. The van der Waals surface area contributed by atoms with Gasteiger partial charge in [0.25, 0.3) is 0 Å². The van der Waals surface area contributed by atoms with Crippen molar-refractivity contribution in [1.29, 1.82) is 0 Å². The monoisotopic (exact) mass is 367 g/mol. The highest BCUT2D eigenvalue weighted by molar-refractivity contribution is 9.10. The van der Waals surface area contributed by atoms with Crippen LogP contribution in [0.15, 0.2) is 21.5 Å². The largest absolute Gasteiger partial charge is 0.247 e. The van der Waals surface area contributed by atoms with E-state index in [2.05, 4.69) is 22.9 Å². The Bertz CT molecular complexity index is 575. The van der Waals surface area contributed by atoms with Crippen molar-refractivity contribution in [2.75, 3.05) is 13.1 Å². The van der Waals surface area contributed by atoms with Gasteiger partial charge in [-0.2, -0.15) is 4.31 Å². The predicted molar refractivity (Wildman–Crippen MR) is 75.8 cm³/mol. The fourth-order valence-corrected chi connectivity index (χ4v) is 5.04. The predicted octanol–water partition coefficient (Wildman–Crippen LogP) is 3.54. The van der Waals surface area contributed by atoms with Crippen LogP contribution >= 0.6 is 15.9 Å². The molecule has 0 unspecified atom stereocenters. The van der Waals surface area contributed by atoms with Crippen LogP contribution in [0.25, 0.3) is 0 Å². The molecule has 0 aromatic heterocycles. The van der Waals surface area contributed by atoms with Crippen molar-refractivity contribution in [3.05, 3.63) is 28.2 Å². The molecule has 0 aliphatic carbocycles. The quantitative estimate of drug-likeness (QED) is 0.819. The molecule has 3 nitrogen and oxygen atoms in total. The summed E-state index contributed by atoms with van der Waals surface area (Å²) in [5.41, 5.74) is 0. The minimum atomic E-state index is -3.93. The van der Waals surface area contributed by atoms with E-state index in [-0.39, 0.29) is 4.47 Å². The number of piperidine rings is 1. The summed E-state index contributed by atoms with van der Waals surface area (Å²) in [6.45, 7) is 2.83. The van der Waals surface area contributed by atoms with E-state index in [1.54, 1.807) is 0 Å². The molecule has 112 valence electrons. The van der Waals surface area contributed by atoms with Crippen molar-refractivity contribution in [3.8, 4) is 0 Å². The summed E-state index contributed by atoms with van der Waals surface area (Å²) in [6.07, 6.45) is 2.56. The molecule has 0 spiro atoms. The van der Waals surface area contributed by atoms with Crippen LogP contribution in [0.4, 0.5) is 8.78 Å². The summed E-state index contributed by atoms with van der Waals surface area (Å²) in [6, 6.07) is 1.56. The maximum Gasteiger partial charge on any atom is 0.247 e. The Morgan fingerprint density at radius 3 is 2.40 bits per heavy atom. The van der Waals surface area contributed by atoms with Gasteiger partial charge in [-0.1, -0.05) is 13.3 Å². The molecule has 1 heterocycles. The summed E-state index contributed by atoms with van der Waals surface area (Å²) in [7, 11) is -3.93. The first-order chi connectivity index (χ1) is 9.36. The molecule has 20 heavy (non-hydrogen) atoms. The van der Waals surface area contributed by atoms with Gasteiger partial charge in [0.15, 0.2) is 0 Å². The lowest BCUT2D eigenvalue weighted by molar-refractivity contribution is 0.268. The number of nitrogens with zero attached hydrogens (tertiary/aromatic N) is 1. The number of hydrogen-bond donors (Lipinski definition) is 0. The lowest BCUT2D eigenvalue weighted by atomic mass is 9.96. The lowest BCUT2D eigenvalue weighted by Crippen LogP contribution is -2.38. The Labute approximate surface area is 126 Å². The van der Waals surface area contributed by atoms with Crippen molar-refractivity contribution in [3.63, 3.8) is 0 Å². The Kier molecular flexibility index (Phi) is 4.81. The molecular formula is C13H16BrF2NO2S. The summed E-state index contributed by atoms with van der Waals surface area (Å²) >= 11 is 2.94. The molecular weight excluding hydrogens is 352 g/mol. The molecule has 1 saturated heterocycles. The maximum atomic E-state index is 13.8. The fourth-order valence-electron chi connectivity index (χ4n) is 2.46. The molecule has 1 aromatic carbocycles. The van der Waals surface area contributed by atoms with E-state index in [4.69, 9.17) is 0 Å². The number of benzene rings is 1. The molecule has 0 bridgehead atoms. The average Bonchev–Trinajstić information content (AvgIpc) is 2.37. The first-order valence-corrected chi connectivity index (χ1v) is 8.74. The van der Waals surface area contributed by atoms with Crippen molar-refractivity contribution in [2.24, 2.45) is 5.92 Å². The molecule has 1 fully saturated rings. The Balaban J connectivity index is 2.32. The second-order valence-electron chi connectivity index (χ2n) is 4.95. The Morgan fingerprint density at radius 2 is 1.90 bits per heavy atom.